The highest BCUT2D eigenvalue weighted by atomic mass is 28.4. The molecule has 1 atom stereocenters. The monoisotopic (exact) mass is 461 g/mol. The second-order valence-corrected chi connectivity index (χ2v) is 14.3. The van der Waals surface area contributed by atoms with Gasteiger partial charge in [0.05, 0.1) is 6.20 Å². The average Bonchev–Trinajstić information content (AvgIpc) is 3.22. The largest absolute Gasteiger partial charge is 0.451 e. The van der Waals surface area contributed by atoms with Crippen molar-refractivity contribution in [2.75, 3.05) is 0 Å². The fourth-order valence-corrected chi connectivity index (χ4v) is 4.41. The van der Waals surface area contributed by atoms with E-state index in [1.165, 1.54) is 0 Å². The maximum Gasteiger partial charge on any atom is 0.451 e. The average molecular weight is 462 g/mol. The number of halogens is 3. The molecule has 0 bridgehead atoms. The lowest BCUT2D eigenvalue weighted by atomic mass is 10.0. The van der Waals surface area contributed by atoms with Crippen LogP contribution >= 0.6 is 0 Å². The molecule has 0 N–H and O–H groups in total. The Morgan fingerprint density at radius 2 is 1.53 bits per heavy atom. The summed E-state index contributed by atoms with van der Waals surface area (Å²) in [5, 5.41) is -0.0952. The second-order valence-electron chi connectivity index (χ2n) is 9.53. The molecule has 0 spiro atoms. The number of rotatable bonds is 7. The molecule has 32 heavy (non-hydrogen) atoms. The highest BCUT2D eigenvalue weighted by molar-refractivity contribution is 6.74. The first-order chi connectivity index (χ1) is 14.9. The highest BCUT2D eigenvalue weighted by Crippen LogP contribution is 2.41. The maximum atomic E-state index is 13.1. The zero-order valence-electron chi connectivity index (χ0n) is 19.2. The standard InChI is InChI=1S/C25H30F3NO2Si/c1-24(2,3)32(4,5)31-21(23-29-17-22(30-23)25(26,27)28)16-13-18-11-14-20(15-12-18)19-9-7-6-8-10-19/h6-12,14-15,17,21H,13,16H2,1-5H3. The van der Waals surface area contributed by atoms with Crippen molar-refractivity contribution < 1.29 is 22.0 Å². The van der Waals surface area contributed by atoms with Gasteiger partial charge >= 0.3 is 6.18 Å². The second kappa shape index (κ2) is 9.23. The van der Waals surface area contributed by atoms with Crippen LogP contribution in [0.1, 0.15) is 50.5 Å². The molecule has 3 rings (SSSR count). The van der Waals surface area contributed by atoms with Gasteiger partial charge in [-0.15, -0.1) is 0 Å². The Morgan fingerprint density at radius 3 is 2.06 bits per heavy atom. The zero-order valence-corrected chi connectivity index (χ0v) is 20.2. The molecule has 0 saturated carbocycles. The first-order valence-electron chi connectivity index (χ1n) is 10.7. The van der Waals surface area contributed by atoms with Gasteiger partial charge in [-0.2, -0.15) is 13.2 Å². The summed E-state index contributed by atoms with van der Waals surface area (Å²) in [6.07, 6.45) is -3.35. The molecule has 2 aromatic carbocycles. The molecule has 1 aromatic heterocycles. The molecule has 3 nitrogen and oxygen atoms in total. The third-order valence-corrected chi connectivity index (χ3v) is 10.6. The van der Waals surface area contributed by atoms with Gasteiger partial charge in [0.1, 0.15) is 6.10 Å². The SMILES string of the molecule is CC(C)(C)[Si](C)(C)OC(CCc1ccc(-c2ccccc2)cc1)c1ncc(C(F)(F)F)o1. The van der Waals surface area contributed by atoms with Crippen molar-refractivity contribution in [1.29, 1.82) is 0 Å². The van der Waals surface area contributed by atoms with Crippen LogP contribution in [0.5, 0.6) is 0 Å². The van der Waals surface area contributed by atoms with Crippen molar-refractivity contribution in [3.05, 3.63) is 78.0 Å². The van der Waals surface area contributed by atoms with E-state index in [2.05, 4.69) is 63.1 Å². The van der Waals surface area contributed by atoms with E-state index < -0.39 is 26.4 Å². The van der Waals surface area contributed by atoms with Crippen LogP contribution in [-0.4, -0.2) is 13.3 Å². The van der Waals surface area contributed by atoms with Gasteiger partial charge in [0.25, 0.3) is 0 Å². The summed E-state index contributed by atoms with van der Waals surface area (Å²) < 4.78 is 50.7. The number of aromatic nitrogens is 1. The fraction of sp³-hybridized carbons (Fsp3) is 0.400. The predicted octanol–water partition coefficient (Wildman–Crippen LogP) is 8.06. The third-order valence-electron chi connectivity index (χ3n) is 6.08. The number of alkyl halides is 3. The minimum Gasteiger partial charge on any atom is -0.433 e. The molecule has 3 aromatic rings. The van der Waals surface area contributed by atoms with Crippen molar-refractivity contribution in [1.82, 2.24) is 4.98 Å². The first-order valence-corrected chi connectivity index (χ1v) is 13.6. The summed E-state index contributed by atoms with van der Waals surface area (Å²) in [5.41, 5.74) is 3.33. The van der Waals surface area contributed by atoms with Gasteiger partial charge < -0.3 is 8.84 Å². The summed E-state index contributed by atoms with van der Waals surface area (Å²) in [5.74, 6) is -1.10. The molecule has 0 aliphatic rings. The van der Waals surface area contributed by atoms with Gasteiger partial charge in [0.2, 0.25) is 11.7 Å². The van der Waals surface area contributed by atoms with Gasteiger partial charge in [-0.3, -0.25) is 0 Å². The highest BCUT2D eigenvalue weighted by Gasteiger charge is 2.41. The molecule has 0 radical (unpaired) electrons. The smallest absolute Gasteiger partial charge is 0.433 e. The number of oxazole rings is 1. The van der Waals surface area contributed by atoms with Crippen molar-refractivity contribution in [3.63, 3.8) is 0 Å². The Labute approximate surface area is 188 Å². The van der Waals surface area contributed by atoms with Crippen molar-refractivity contribution in [3.8, 4) is 11.1 Å². The maximum absolute atomic E-state index is 13.1. The van der Waals surface area contributed by atoms with E-state index in [1.807, 2.05) is 30.3 Å². The van der Waals surface area contributed by atoms with Crippen LogP contribution in [0.15, 0.2) is 65.2 Å². The van der Waals surface area contributed by atoms with Gasteiger partial charge in [-0.1, -0.05) is 75.4 Å². The third kappa shape index (κ3) is 5.89. The van der Waals surface area contributed by atoms with E-state index in [9.17, 15) is 13.2 Å². The van der Waals surface area contributed by atoms with Gasteiger partial charge in [0, 0.05) is 0 Å². The lowest BCUT2D eigenvalue weighted by molar-refractivity contribution is -0.153. The Hall–Kier alpha value is -2.38. The van der Waals surface area contributed by atoms with E-state index in [0.29, 0.717) is 12.8 Å². The van der Waals surface area contributed by atoms with E-state index in [4.69, 9.17) is 8.84 Å². The van der Waals surface area contributed by atoms with Gasteiger partial charge in [-0.05, 0) is 47.7 Å². The van der Waals surface area contributed by atoms with Crippen LogP contribution in [0.3, 0.4) is 0 Å². The number of aryl methyl sites for hydroxylation is 1. The molecule has 0 aliphatic carbocycles. The molecular formula is C25H30F3NO2Si. The van der Waals surface area contributed by atoms with Gasteiger partial charge in [0.15, 0.2) is 8.32 Å². The van der Waals surface area contributed by atoms with Crippen LogP contribution in [0.2, 0.25) is 18.1 Å². The number of hydrogen-bond donors (Lipinski definition) is 0. The molecule has 0 aliphatic heterocycles. The van der Waals surface area contributed by atoms with Crippen molar-refractivity contribution >= 4 is 8.32 Å². The summed E-state index contributed by atoms with van der Waals surface area (Å²) in [7, 11) is -2.26. The molecule has 7 heteroatoms. The van der Waals surface area contributed by atoms with Crippen LogP contribution in [0.25, 0.3) is 11.1 Å². The van der Waals surface area contributed by atoms with Gasteiger partial charge in [-0.25, -0.2) is 4.98 Å². The predicted molar refractivity (Wildman–Crippen MR) is 123 cm³/mol. The van der Waals surface area contributed by atoms with Crippen LogP contribution in [0, 0.1) is 0 Å². The molecule has 1 unspecified atom stereocenters. The molecule has 1 heterocycles. The molecule has 172 valence electrons. The van der Waals surface area contributed by atoms with Crippen LogP contribution in [-0.2, 0) is 17.0 Å². The molecule has 0 fully saturated rings. The lowest BCUT2D eigenvalue weighted by Gasteiger charge is -2.38. The van der Waals surface area contributed by atoms with E-state index in [-0.39, 0.29) is 10.9 Å². The van der Waals surface area contributed by atoms with E-state index >= 15 is 0 Å². The van der Waals surface area contributed by atoms with Crippen molar-refractivity contribution in [2.24, 2.45) is 0 Å². The van der Waals surface area contributed by atoms with Crippen LogP contribution < -0.4 is 0 Å². The number of hydrogen-bond acceptors (Lipinski definition) is 3. The Bertz CT molecular complexity index is 1010. The summed E-state index contributed by atoms with van der Waals surface area (Å²) in [4.78, 5) is 3.93. The van der Waals surface area contributed by atoms with Crippen molar-refractivity contribution in [2.45, 2.75) is 64.0 Å². The lowest BCUT2D eigenvalue weighted by Crippen LogP contribution is -2.42. The quantitative estimate of drug-likeness (QED) is 0.334. The fourth-order valence-electron chi connectivity index (χ4n) is 3.12. The molecular weight excluding hydrogens is 431 g/mol. The minimum absolute atomic E-state index is 0.0111. The van der Waals surface area contributed by atoms with Crippen LogP contribution in [0.4, 0.5) is 13.2 Å². The normalized spacial score (nSPS) is 13.9. The number of benzene rings is 2. The number of nitrogens with zero attached hydrogens (tertiary/aromatic N) is 1. The Kier molecular flexibility index (Phi) is 7.00. The molecule has 0 saturated heterocycles. The molecule has 0 amide bonds. The Balaban J connectivity index is 1.79. The topological polar surface area (TPSA) is 35.3 Å². The summed E-state index contributed by atoms with van der Waals surface area (Å²) in [6, 6.07) is 18.3. The summed E-state index contributed by atoms with van der Waals surface area (Å²) >= 11 is 0. The minimum atomic E-state index is -4.57. The van der Waals surface area contributed by atoms with E-state index in [0.717, 1.165) is 22.9 Å². The first kappa shape index (κ1) is 24.3. The zero-order chi connectivity index (χ0) is 23.6. The van der Waals surface area contributed by atoms with E-state index in [1.54, 1.807) is 0 Å². The summed E-state index contributed by atoms with van der Waals surface area (Å²) in [6.45, 7) is 10.4. The Morgan fingerprint density at radius 1 is 0.938 bits per heavy atom.